The van der Waals surface area contributed by atoms with Gasteiger partial charge in [0, 0.05) is 19.8 Å². The van der Waals surface area contributed by atoms with Crippen LogP contribution in [0, 0.1) is 0 Å². The highest BCUT2D eigenvalue weighted by atomic mass is 32.2. The fraction of sp³-hybridized carbons (Fsp3) is 0.545. The molecule has 0 N–H and O–H groups in total. The highest BCUT2D eigenvalue weighted by Gasteiger charge is 2.12. The van der Waals surface area contributed by atoms with Gasteiger partial charge >= 0.3 is 0 Å². The lowest BCUT2D eigenvalue weighted by Gasteiger charge is -2.07. The van der Waals surface area contributed by atoms with Crippen molar-refractivity contribution >= 4 is 22.9 Å². The molecule has 0 atom stereocenters. The normalized spacial score (nSPS) is 11.2. The van der Waals surface area contributed by atoms with Crippen LogP contribution in [0.5, 0.6) is 0 Å². The SMILES string of the molecule is CCCCSc1nc(=O)c2c(ncn2C)n1C. The van der Waals surface area contributed by atoms with E-state index in [0.29, 0.717) is 11.2 Å². The first-order valence-electron chi connectivity index (χ1n) is 5.66. The van der Waals surface area contributed by atoms with Gasteiger partial charge in [-0.1, -0.05) is 25.1 Å². The molecule has 17 heavy (non-hydrogen) atoms. The van der Waals surface area contributed by atoms with Gasteiger partial charge in [0.25, 0.3) is 5.56 Å². The maximum absolute atomic E-state index is 11.9. The third-order valence-electron chi connectivity index (χ3n) is 2.65. The van der Waals surface area contributed by atoms with E-state index in [1.165, 1.54) is 0 Å². The van der Waals surface area contributed by atoms with Crippen LogP contribution < -0.4 is 5.56 Å². The smallest absolute Gasteiger partial charge is 0.299 e. The van der Waals surface area contributed by atoms with Crippen molar-refractivity contribution in [3.05, 3.63) is 16.7 Å². The molecule has 2 aromatic heterocycles. The van der Waals surface area contributed by atoms with Crippen LogP contribution in [0.15, 0.2) is 16.3 Å². The average molecular weight is 252 g/mol. The van der Waals surface area contributed by atoms with Gasteiger partial charge in [0.2, 0.25) is 0 Å². The molecule has 0 aliphatic carbocycles. The van der Waals surface area contributed by atoms with Crippen LogP contribution >= 0.6 is 11.8 Å². The Hall–Kier alpha value is -1.30. The van der Waals surface area contributed by atoms with E-state index in [1.54, 1.807) is 22.7 Å². The minimum atomic E-state index is -0.197. The summed E-state index contributed by atoms with van der Waals surface area (Å²) in [7, 11) is 3.71. The molecular weight excluding hydrogens is 236 g/mol. The molecule has 0 saturated heterocycles. The predicted molar refractivity (Wildman–Crippen MR) is 69.4 cm³/mol. The molecule has 0 radical (unpaired) electrons. The van der Waals surface area contributed by atoms with E-state index >= 15 is 0 Å². The number of unbranched alkanes of at least 4 members (excludes halogenated alkanes) is 1. The van der Waals surface area contributed by atoms with Crippen molar-refractivity contribution < 1.29 is 0 Å². The van der Waals surface area contributed by atoms with Crippen LogP contribution in [0.4, 0.5) is 0 Å². The van der Waals surface area contributed by atoms with Crippen LogP contribution in [0.2, 0.25) is 0 Å². The van der Waals surface area contributed by atoms with Gasteiger partial charge in [0.15, 0.2) is 16.3 Å². The largest absolute Gasteiger partial charge is 0.328 e. The summed E-state index contributed by atoms with van der Waals surface area (Å²) in [6, 6.07) is 0. The van der Waals surface area contributed by atoms with E-state index < -0.39 is 0 Å². The Morgan fingerprint density at radius 1 is 1.41 bits per heavy atom. The summed E-state index contributed by atoms with van der Waals surface area (Å²) < 4.78 is 3.60. The number of aromatic nitrogens is 4. The third kappa shape index (κ3) is 2.22. The molecule has 0 aliphatic heterocycles. The van der Waals surface area contributed by atoms with Crippen molar-refractivity contribution in [1.82, 2.24) is 19.1 Å². The first kappa shape index (κ1) is 12.2. The van der Waals surface area contributed by atoms with Gasteiger partial charge in [-0.25, -0.2) is 4.98 Å². The molecule has 0 aromatic carbocycles. The summed E-state index contributed by atoms with van der Waals surface area (Å²) in [6.45, 7) is 2.15. The Morgan fingerprint density at radius 2 is 2.18 bits per heavy atom. The van der Waals surface area contributed by atoms with E-state index in [0.717, 1.165) is 23.8 Å². The molecule has 5 nitrogen and oxygen atoms in total. The highest BCUT2D eigenvalue weighted by molar-refractivity contribution is 7.99. The lowest BCUT2D eigenvalue weighted by atomic mass is 10.4. The van der Waals surface area contributed by atoms with Crippen molar-refractivity contribution in [1.29, 1.82) is 0 Å². The zero-order chi connectivity index (χ0) is 12.4. The lowest BCUT2D eigenvalue weighted by molar-refractivity contribution is 0.753. The zero-order valence-electron chi connectivity index (χ0n) is 10.3. The summed E-state index contributed by atoms with van der Waals surface area (Å²) in [6.07, 6.45) is 3.92. The van der Waals surface area contributed by atoms with Crippen LogP contribution in [-0.4, -0.2) is 24.9 Å². The van der Waals surface area contributed by atoms with Gasteiger partial charge < -0.3 is 9.13 Å². The molecule has 6 heteroatoms. The lowest BCUT2D eigenvalue weighted by Crippen LogP contribution is -2.15. The van der Waals surface area contributed by atoms with E-state index in [-0.39, 0.29) is 5.56 Å². The molecule has 2 rings (SSSR count). The molecule has 2 heterocycles. The van der Waals surface area contributed by atoms with Crippen LogP contribution in [0.1, 0.15) is 19.8 Å². The number of nitrogens with zero attached hydrogens (tertiary/aromatic N) is 4. The average Bonchev–Trinajstić information content (AvgIpc) is 2.68. The van der Waals surface area contributed by atoms with Crippen LogP contribution in [0.25, 0.3) is 11.2 Å². The second kappa shape index (κ2) is 4.91. The Balaban J connectivity index is 2.45. The predicted octanol–water partition coefficient (Wildman–Crippen LogP) is 1.56. The second-order valence-corrected chi connectivity index (χ2v) is 5.05. The van der Waals surface area contributed by atoms with Crippen molar-refractivity contribution in [2.24, 2.45) is 14.1 Å². The minimum Gasteiger partial charge on any atom is -0.328 e. The van der Waals surface area contributed by atoms with E-state index in [2.05, 4.69) is 16.9 Å². The third-order valence-corrected chi connectivity index (χ3v) is 3.77. The van der Waals surface area contributed by atoms with Gasteiger partial charge in [-0.2, -0.15) is 4.98 Å². The first-order chi connectivity index (χ1) is 8.15. The Labute approximate surface area is 104 Å². The number of imidazole rings is 1. The van der Waals surface area contributed by atoms with Crippen molar-refractivity contribution in [2.75, 3.05) is 5.75 Å². The van der Waals surface area contributed by atoms with Gasteiger partial charge in [-0.3, -0.25) is 4.79 Å². The molecule has 0 spiro atoms. The monoisotopic (exact) mass is 252 g/mol. The molecular formula is C11H16N4OS. The van der Waals surface area contributed by atoms with Gasteiger partial charge in [0.05, 0.1) is 6.33 Å². The summed E-state index contributed by atoms with van der Waals surface area (Å²) >= 11 is 1.61. The summed E-state index contributed by atoms with van der Waals surface area (Å²) in [5.74, 6) is 0.981. The fourth-order valence-electron chi connectivity index (χ4n) is 1.65. The molecule has 0 fully saturated rings. The van der Waals surface area contributed by atoms with E-state index in [1.807, 2.05) is 18.7 Å². The topological polar surface area (TPSA) is 52.7 Å². The molecule has 92 valence electrons. The molecule has 0 unspecified atom stereocenters. The van der Waals surface area contributed by atoms with Gasteiger partial charge in [0.1, 0.15) is 0 Å². The number of hydrogen-bond acceptors (Lipinski definition) is 4. The van der Waals surface area contributed by atoms with Crippen molar-refractivity contribution in [2.45, 2.75) is 24.9 Å². The van der Waals surface area contributed by atoms with Crippen LogP contribution in [0.3, 0.4) is 0 Å². The number of rotatable bonds is 4. The molecule has 0 amide bonds. The first-order valence-corrected chi connectivity index (χ1v) is 6.64. The van der Waals surface area contributed by atoms with E-state index in [4.69, 9.17) is 0 Å². The standard InChI is InChI=1S/C11H16N4OS/c1-4-5-6-17-11-13-10(16)8-9(15(11)3)12-7-14(8)2/h7H,4-6H2,1-3H3. The zero-order valence-corrected chi connectivity index (χ0v) is 11.1. The molecule has 2 aromatic rings. The number of aryl methyl sites for hydroxylation is 2. The molecule has 0 aliphatic rings. The van der Waals surface area contributed by atoms with Gasteiger partial charge in [-0.05, 0) is 6.42 Å². The van der Waals surface area contributed by atoms with Crippen molar-refractivity contribution in [3.8, 4) is 0 Å². The molecule has 0 saturated carbocycles. The molecule has 0 bridgehead atoms. The fourth-order valence-corrected chi connectivity index (χ4v) is 2.70. The van der Waals surface area contributed by atoms with E-state index in [9.17, 15) is 4.79 Å². The maximum Gasteiger partial charge on any atom is 0.299 e. The summed E-state index contributed by atoms with van der Waals surface area (Å²) in [4.78, 5) is 20.2. The second-order valence-electron chi connectivity index (χ2n) is 3.99. The Morgan fingerprint density at radius 3 is 2.88 bits per heavy atom. The Bertz CT molecular complexity index is 587. The van der Waals surface area contributed by atoms with Crippen LogP contribution in [-0.2, 0) is 14.1 Å². The maximum atomic E-state index is 11.9. The van der Waals surface area contributed by atoms with Crippen molar-refractivity contribution in [3.63, 3.8) is 0 Å². The quantitative estimate of drug-likeness (QED) is 0.471. The highest BCUT2D eigenvalue weighted by Crippen LogP contribution is 2.18. The number of hydrogen-bond donors (Lipinski definition) is 0. The summed E-state index contributed by atoms with van der Waals surface area (Å²) in [5, 5.41) is 0.745. The minimum absolute atomic E-state index is 0.197. The number of fused-ring (bicyclic) bond motifs is 1. The summed E-state index contributed by atoms with van der Waals surface area (Å²) in [5.41, 5.74) is 1.07. The Kier molecular flexibility index (Phi) is 3.51. The number of thioether (sulfide) groups is 1. The van der Waals surface area contributed by atoms with Gasteiger partial charge in [-0.15, -0.1) is 0 Å².